The molecule has 0 aliphatic rings. The standard InChI is InChI=1S/C17H18ClN3O4S/c18-12-3-5-13(6-4-12)26-9-7-19-15(22)10-20-16(23)11-21-17(24)14-2-1-8-25-14/h1-6,8H,7,9-11H2,(H,19,22)(H,20,23)(H,21,24). The van der Waals surface area contributed by atoms with Crippen LogP contribution in [-0.2, 0) is 9.59 Å². The van der Waals surface area contributed by atoms with Gasteiger partial charge in [0, 0.05) is 22.2 Å². The second-order valence-corrected chi connectivity index (χ2v) is 6.69. The molecule has 0 unspecified atom stereocenters. The van der Waals surface area contributed by atoms with Gasteiger partial charge in [-0.3, -0.25) is 14.4 Å². The smallest absolute Gasteiger partial charge is 0.287 e. The van der Waals surface area contributed by atoms with Crippen LogP contribution >= 0.6 is 23.4 Å². The Morgan fingerprint density at radius 2 is 1.65 bits per heavy atom. The number of carbonyl (C=O) groups is 3. The van der Waals surface area contributed by atoms with Crippen LogP contribution in [0.2, 0.25) is 5.02 Å². The summed E-state index contributed by atoms with van der Waals surface area (Å²) in [4.78, 5) is 35.9. The summed E-state index contributed by atoms with van der Waals surface area (Å²) in [7, 11) is 0. The molecule has 26 heavy (non-hydrogen) atoms. The third-order valence-electron chi connectivity index (χ3n) is 3.11. The fourth-order valence-electron chi connectivity index (χ4n) is 1.85. The van der Waals surface area contributed by atoms with Gasteiger partial charge in [0.2, 0.25) is 11.8 Å². The van der Waals surface area contributed by atoms with Gasteiger partial charge in [-0.25, -0.2) is 0 Å². The molecule has 3 N–H and O–H groups in total. The zero-order valence-corrected chi connectivity index (χ0v) is 15.4. The zero-order chi connectivity index (χ0) is 18.8. The van der Waals surface area contributed by atoms with Crippen molar-refractivity contribution in [3.05, 3.63) is 53.4 Å². The minimum atomic E-state index is -0.492. The van der Waals surface area contributed by atoms with Gasteiger partial charge in [-0.05, 0) is 36.4 Å². The molecular weight excluding hydrogens is 378 g/mol. The Morgan fingerprint density at radius 3 is 2.35 bits per heavy atom. The summed E-state index contributed by atoms with van der Waals surface area (Å²) in [6, 6.07) is 10.5. The van der Waals surface area contributed by atoms with Gasteiger partial charge < -0.3 is 20.4 Å². The Kier molecular flexibility index (Phi) is 8.04. The number of benzene rings is 1. The summed E-state index contributed by atoms with van der Waals surface area (Å²) < 4.78 is 4.90. The lowest BCUT2D eigenvalue weighted by Crippen LogP contribution is -2.42. The quantitative estimate of drug-likeness (QED) is 0.443. The number of halogens is 1. The normalized spacial score (nSPS) is 10.2. The molecule has 0 radical (unpaired) electrons. The summed E-state index contributed by atoms with van der Waals surface area (Å²) in [5, 5.41) is 8.21. The van der Waals surface area contributed by atoms with E-state index in [4.69, 9.17) is 16.0 Å². The molecule has 0 fully saturated rings. The Hall–Kier alpha value is -2.45. The molecule has 1 aromatic heterocycles. The number of carbonyl (C=O) groups excluding carboxylic acids is 3. The third-order valence-corrected chi connectivity index (χ3v) is 4.37. The Balaban J connectivity index is 1.54. The minimum Gasteiger partial charge on any atom is -0.459 e. The van der Waals surface area contributed by atoms with Crippen LogP contribution in [0.1, 0.15) is 10.6 Å². The number of furan rings is 1. The number of thioether (sulfide) groups is 1. The molecule has 7 nitrogen and oxygen atoms in total. The van der Waals surface area contributed by atoms with E-state index in [-0.39, 0.29) is 24.8 Å². The molecule has 1 aromatic carbocycles. The molecule has 2 aromatic rings. The molecule has 0 saturated heterocycles. The maximum Gasteiger partial charge on any atom is 0.287 e. The molecule has 2 rings (SSSR count). The number of amides is 3. The summed E-state index contributed by atoms with van der Waals surface area (Å²) >= 11 is 7.40. The number of hydrogen-bond donors (Lipinski definition) is 3. The first-order valence-corrected chi connectivity index (χ1v) is 9.14. The first-order chi connectivity index (χ1) is 12.5. The lowest BCUT2D eigenvalue weighted by Gasteiger charge is -2.07. The van der Waals surface area contributed by atoms with E-state index in [2.05, 4.69) is 16.0 Å². The van der Waals surface area contributed by atoms with Crippen molar-refractivity contribution >= 4 is 41.1 Å². The molecule has 0 spiro atoms. The van der Waals surface area contributed by atoms with Crippen LogP contribution in [0.3, 0.4) is 0 Å². The second kappa shape index (κ2) is 10.5. The average molecular weight is 396 g/mol. The predicted molar refractivity (Wildman–Crippen MR) is 99.2 cm³/mol. The van der Waals surface area contributed by atoms with Crippen molar-refractivity contribution < 1.29 is 18.8 Å². The topological polar surface area (TPSA) is 100 Å². The Bertz CT molecular complexity index is 735. The van der Waals surface area contributed by atoms with Crippen LogP contribution in [0.25, 0.3) is 0 Å². The highest BCUT2D eigenvalue weighted by Gasteiger charge is 2.10. The van der Waals surface area contributed by atoms with Crippen molar-refractivity contribution in [2.75, 3.05) is 25.4 Å². The number of rotatable bonds is 9. The number of hydrogen-bond acceptors (Lipinski definition) is 5. The van der Waals surface area contributed by atoms with Gasteiger partial charge in [0.1, 0.15) is 0 Å². The molecule has 0 bridgehead atoms. The van der Waals surface area contributed by atoms with Crippen molar-refractivity contribution in [3.63, 3.8) is 0 Å². The van der Waals surface area contributed by atoms with E-state index in [0.717, 1.165) is 4.90 Å². The van der Waals surface area contributed by atoms with E-state index < -0.39 is 11.8 Å². The van der Waals surface area contributed by atoms with Gasteiger partial charge in [0.05, 0.1) is 19.4 Å². The summed E-state index contributed by atoms with van der Waals surface area (Å²) in [5.74, 6) is -0.439. The second-order valence-electron chi connectivity index (χ2n) is 5.09. The molecule has 0 aliphatic carbocycles. The summed E-state index contributed by atoms with van der Waals surface area (Å²) in [6.45, 7) is 0.0809. The largest absolute Gasteiger partial charge is 0.459 e. The predicted octanol–water partition coefficient (Wildman–Crippen LogP) is 1.69. The molecule has 3 amide bonds. The third kappa shape index (κ3) is 7.20. The maximum atomic E-state index is 11.7. The highest BCUT2D eigenvalue weighted by Crippen LogP contribution is 2.19. The van der Waals surface area contributed by atoms with Crippen LogP contribution in [0.15, 0.2) is 52.0 Å². The first kappa shape index (κ1) is 19.9. The highest BCUT2D eigenvalue weighted by molar-refractivity contribution is 7.99. The monoisotopic (exact) mass is 395 g/mol. The van der Waals surface area contributed by atoms with E-state index in [1.54, 1.807) is 17.8 Å². The van der Waals surface area contributed by atoms with Crippen LogP contribution in [-0.4, -0.2) is 43.1 Å². The lowest BCUT2D eigenvalue weighted by atomic mass is 10.4. The lowest BCUT2D eigenvalue weighted by molar-refractivity contribution is -0.125. The van der Waals surface area contributed by atoms with Gasteiger partial charge >= 0.3 is 0 Å². The van der Waals surface area contributed by atoms with Gasteiger partial charge in [-0.1, -0.05) is 11.6 Å². The van der Waals surface area contributed by atoms with E-state index in [0.29, 0.717) is 17.3 Å². The Morgan fingerprint density at radius 1 is 0.962 bits per heavy atom. The van der Waals surface area contributed by atoms with Gasteiger partial charge in [-0.2, -0.15) is 0 Å². The maximum absolute atomic E-state index is 11.7. The molecule has 9 heteroatoms. The molecule has 0 aliphatic heterocycles. The summed E-state index contributed by atoms with van der Waals surface area (Å²) in [6.07, 6.45) is 1.37. The van der Waals surface area contributed by atoms with Gasteiger partial charge in [0.15, 0.2) is 5.76 Å². The van der Waals surface area contributed by atoms with Crippen LogP contribution in [0, 0.1) is 0 Å². The van der Waals surface area contributed by atoms with Crippen molar-refractivity contribution in [1.29, 1.82) is 0 Å². The van der Waals surface area contributed by atoms with Gasteiger partial charge in [0.25, 0.3) is 5.91 Å². The van der Waals surface area contributed by atoms with Crippen molar-refractivity contribution in [2.45, 2.75) is 4.90 Å². The number of nitrogens with one attached hydrogen (secondary N) is 3. The highest BCUT2D eigenvalue weighted by atomic mass is 35.5. The molecule has 0 atom stereocenters. The van der Waals surface area contributed by atoms with E-state index >= 15 is 0 Å². The van der Waals surface area contributed by atoms with Gasteiger partial charge in [-0.15, -0.1) is 11.8 Å². The SMILES string of the molecule is O=C(CNC(=O)CNC(=O)c1ccco1)NCCSc1ccc(Cl)cc1. The fourth-order valence-corrected chi connectivity index (χ4v) is 2.74. The molecule has 0 saturated carbocycles. The first-order valence-electron chi connectivity index (χ1n) is 7.78. The van der Waals surface area contributed by atoms with Crippen LogP contribution in [0.5, 0.6) is 0 Å². The van der Waals surface area contributed by atoms with Crippen molar-refractivity contribution in [3.8, 4) is 0 Å². The molecular formula is C17H18ClN3O4S. The van der Waals surface area contributed by atoms with Crippen LogP contribution < -0.4 is 16.0 Å². The average Bonchev–Trinajstić information content (AvgIpc) is 3.18. The van der Waals surface area contributed by atoms with Crippen molar-refractivity contribution in [2.24, 2.45) is 0 Å². The van der Waals surface area contributed by atoms with Crippen LogP contribution in [0.4, 0.5) is 0 Å². The van der Waals surface area contributed by atoms with E-state index in [1.165, 1.54) is 12.3 Å². The summed E-state index contributed by atoms with van der Waals surface area (Å²) in [5.41, 5.74) is 0. The van der Waals surface area contributed by atoms with Crippen molar-refractivity contribution in [1.82, 2.24) is 16.0 Å². The fraction of sp³-hybridized carbons (Fsp3) is 0.235. The molecule has 1 heterocycles. The molecule has 138 valence electrons. The van der Waals surface area contributed by atoms with E-state index in [1.807, 2.05) is 24.3 Å². The van der Waals surface area contributed by atoms with E-state index in [9.17, 15) is 14.4 Å². The zero-order valence-electron chi connectivity index (χ0n) is 13.8. The Labute approximate surface area is 159 Å². The minimum absolute atomic E-state index is 0.119.